The first kappa shape index (κ1) is 11.4. The van der Waals surface area contributed by atoms with Crippen molar-refractivity contribution in [2.75, 3.05) is 25.5 Å². The molecule has 0 saturated carbocycles. The maximum Gasteiger partial charge on any atom is 0.146 e. The molecule has 0 spiro atoms. The minimum atomic E-state index is -0.167. The first-order valence-corrected chi connectivity index (χ1v) is 5.69. The summed E-state index contributed by atoms with van der Waals surface area (Å²) < 4.78 is 13.5. The Morgan fingerprint density at radius 1 is 1.38 bits per heavy atom. The second kappa shape index (κ2) is 4.06. The molecule has 1 aliphatic rings. The molecule has 1 heterocycles. The van der Waals surface area contributed by atoms with Gasteiger partial charge in [-0.15, -0.1) is 0 Å². The first-order chi connectivity index (χ1) is 7.52. The van der Waals surface area contributed by atoms with Crippen molar-refractivity contribution in [2.45, 2.75) is 20.4 Å². The molecule has 1 aromatic rings. The molecule has 88 valence electrons. The van der Waals surface area contributed by atoms with Gasteiger partial charge >= 0.3 is 0 Å². The lowest BCUT2D eigenvalue weighted by Gasteiger charge is -2.46. The van der Waals surface area contributed by atoms with Gasteiger partial charge in [-0.05, 0) is 17.0 Å². The fourth-order valence-electron chi connectivity index (χ4n) is 2.50. The van der Waals surface area contributed by atoms with Gasteiger partial charge in [0.25, 0.3) is 0 Å². The summed E-state index contributed by atoms with van der Waals surface area (Å²) in [5.74, 6) is -0.167. The molecule has 16 heavy (non-hydrogen) atoms. The zero-order valence-corrected chi connectivity index (χ0v) is 10.2. The maximum atomic E-state index is 13.5. The number of anilines is 1. The Kier molecular flexibility index (Phi) is 2.89. The Morgan fingerprint density at radius 2 is 2.06 bits per heavy atom. The van der Waals surface area contributed by atoms with Gasteiger partial charge in [-0.25, -0.2) is 4.39 Å². The lowest BCUT2D eigenvalue weighted by atomic mass is 9.84. The van der Waals surface area contributed by atoms with Crippen LogP contribution in [-0.4, -0.2) is 25.0 Å². The third-order valence-corrected chi connectivity index (χ3v) is 3.05. The quantitative estimate of drug-likeness (QED) is 0.846. The Hall–Kier alpha value is -1.09. The maximum absolute atomic E-state index is 13.5. The predicted molar refractivity (Wildman–Crippen MR) is 65.0 cm³/mol. The van der Waals surface area contributed by atoms with Crippen molar-refractivity contribution in [3.63, 3.8) is 0 Å². The molecule has 1 aliphatic heterocycles. The van der Waals surface area contributed by atoms with E-state index in [2.05, 4.69) is 24.1 Å². The number of nitrogens with one attached hydrogen (secondary N) is 1. The number of benzene rings is 1. The summed E-state index contributed by atoms with van der Waals surface area (Å²) >= 11 is 0. The minimum absolute atomic E-state index is 0.167. The summed E-state index contributed by atoms with van der Waals surface area (Å²) in [6.45, 7) is 7.53. The van der Waals surface area contributed by atoms with Crippen molar-refractivity contribution >= 4 is 5.69 Å². The molecule has 3 heteroatoms. The van der Waals surface area contributed by atoms with Crippen molar-refractivity contribution in [1.82, 2.24) is 4.90 Å². The molecule has 1 N–H and O–H groups in total. The van der Waals surface area contributed by atoms with Gasteiger partial charge in [0.05, 0.1) is 5.69 Å². The molecule has 0 bridgehead atoms. The number of para-hydroxylation sites is 1. The predicted octanol–water partition coefficient (Wildman–Crippen LogP) is 2.71. The second-order valence-electron chi connectivity index (χ2n) is 5.33. The van der Waals surface area contributed by atoms with Crippen LogP contribution >= 0.6 is 0 Å². The average Bonchev–Trinajstić information content (AvgIpc) is 2.15. The van der Waals surface area contributed by atoms with Crippen LogP contribution in [0.1, 0.15) is 19.4 Å². The van der Waals surface area contributed by atoms with Crippen molar-refractivity contribution in [2.24, 2.45) is 5.41 Å². The molecule has 1 fully saturated rings. The number of halogens is 1. The van der Waals surface area contributed by atoms with Crippen LogP contribution in [0.25, 0.3) is 0 Å². The smallest absolute Gasteiger partial charge is 0.146 e. The van der Waals surface area contributed by atoms with Crippen LogP contribution in [0.5, 0.6) is 0 Å². The average molecular weight is 222 g/mol. The van der Waals surface area contributed by atoms with E-state index >= 15 is 0 Å². The SMILES string of the molecule is CNc1c(F)cccc1CN1CC(C)(C)C1. The van der Waals surface area contributed by atoms with Crippen LogP contribution in [0.4, 0.5) is 10.1 Å². The van der Waals surface area contributed by atoms with E-state index in [1.54, 1.807) is 13.1 Å². The molecular weight excluding hydrogens is 203 g/mol. The fourth-order valence-corrected chi connectivity index (χ4v) is 2.50. The van der Waals surface area contributed by atoms with Crippen LogP contribution in [0.3, 0.4) is 0 Å². The third kappa shape index (κ3) is 2.19. The number of hydrogen-bond donors (Lipinski definition) is 1. The van der Waals surface area contributed by atoms with Gasteiger partial charge in [0.2, 0.25) is 0 Å². The zero-order chi connectivity index (χ0) is 11.8. The topological polar surface area (TPSA) is 15.3 Å². The van der Waals surface area contributed by atoms with E-state index in [-0.39, 0.29) is 5.82 Å². The molecule has 1 saturated heterocycles. The summed E-state index contributed by atoms with van der Waals surface area (Å²) in [6.07, 6.45) is 0. The Labute approximate surface area is 96.5 Å². The summed E-state index contributed by atoms with van der Waals surface area (Å²) in [5.41, 5.74) is 2.10. The second-order valence-corrected chi connectivity index (χ2v) is 5.33. The van der Waals surface area contributed by atoms with E-state index in [4.69, 9.17) is 0 Å². The van der Waals surface area contributed by atoms with Gasteiger partial charge in [0, 0.05) is 26.7 Å². The van der Waals surface area contributed by atoms with Gasteiger partial charge in [0.15, 0.2) is 0 Å². The number of rotatable bonds is 3. The summed E-state index contributed by atoms with van der Waals surface area (Å²) in [6, 6.07) is 5.26. The van der Waals surface area contributed by atoms with Crippen LogP contribution in [0, 0.1) is 11.2 Å². The largest absolute Gasteiger partial charge is 0.385 e. The molecule has 2 rings (SSSR count). The van der Waals surface area contributed by atoms with Gasteiger partial charge < -0.3 is 5.32 Å². The number of hydrogen-bond acceptors (Lipinski definition) is 2. The Bertz CT molecular complexity index is 380. The zero-order valence-electron chi connectivity index (χ0n) is 10.2. The Morgan fingerprint density at radius 3 is 2.62 bits per heavy atom. The van der Waals surface area contributed by atoms with E-state index in [1.165, 1.54) is 6.07 Å². The number of likely N-dealkylation sites (tertiary alicyclic amines) is 1. The highest BCUT2D eigenvalue weighted by atomic mass is 19.1. The van der Waals surface area contributed by atoms with E-state index < -0.39 is 0 Å². The molecule has 0 radical (unpaired) electrons. The molecule has 0 amide bonds. The highest BCUT2D eigenvalue weighted by molar-refractivity contribution is 5.51. The fraction of sp³-hybridized carbons (Fsp3) is 0.538. The van der Waals surface area contributed by atoms with E-state index in [0.29, 0.717) is 11.1 Å². The van der Waals surface area contributed by atoms with Crippen molar-refractivity contribution < 1.29 is 4.39 Å². The monoisotopic (exact) mass is 222 g/mol. The van der Waals surface area contributed by atoms with E-state index in [0.717, 1.165) is 25.2 Å². The standard InChI is InChI=1S/C13H19FN2/c1-13(2)8-16(9-13)7-10-5-4-6-11(14)12(10)15-3/h4-6,15H,7-9H2,1-3H3. The third-order valence-electron chi connectivity index (χ3n) is 3.05. The summed E-state index contributed by atoms with van der Waals surface area (Å²) in [5, 5.41) is 2.94. The highest BCUT2D eigenvalue weighted by Gasteiger charge is 2.34. The van der Waals surface area contributed by atoms with Crippen LogP contribution in [0.2, 0.25) is 0 Å². The molecular formula is C13H19FN2. The van der Waals surface area contributed by atoms with Gasteiger partial charge in [-0.3, -0.25) is 4.90 Å². The van der Waals surface area contributed by atoms with Gasteiger partial charge in [-0.2, -0.15) is 0 Å². The number of nitrogens with zero attached hydrogens (tertiary/aromatic N) is 1. The summed E-state index contributed by atoms with van der Waals surface area (Å²) in [4.78, 5) is 2.34. The minimum Gasteiger partial charge on any atom is -0.385 e. The normalized spacial score (nSPS) is 19.2. The van der Waals surface area contributed by atoms with Gasteiger partial charge in [-0.1, -0.05) is 26.0 Å². The lowest BCUT2D eigenvalue weighted by molar-refractivity contribution is 0.0243. The van der Waals surface area contributed by atoms with Gasteiger partial charge in [0.1, 0.15) is 5.82 Å². The van der Waals surface area contributed by atoms with Crippen LogP contribution in [0.15, 0.2) is 18.2 Å². The van der Waals surface area contributed by atoms with Crippen molar-refractivity contribution in [3.8, 4) is 0 Å². The van der Waals surface area contributed by atoms with Crippen LogP contribution in [-0.2, 0) is 6.54 Å². The summed E-state index contributed by atoms with van der Waals surface area (Å²) in [7, 11) is 1.77. The molecule has 0 aromatic heterocycles. The highest BCUT2D eigenvalue weighted by Crippen LogP contribution is 2.31. The molecule has 0 atom stereocenters. The van der Waals surface area contributed by atoms with E-state index in [9.17, 15) is 4.39 Å². The first-order valence-electron chi connectivity index (χ1n) is 5.69. The lowest BCUT2D eigenvalue weighted by Crippen LogP contribution is -2.52. The molecule has 0 unspecified atom stereocenters. The Balaban J connectivity index is 2.08. The van der Waals surface area contributed by atoms with E-state index in [1.807, 2.05) is 6.07 Å². The molecule has 0 aliphatic carbocycles. The van der Waals surface area contributed by atoms with Crippen molar-refractivity contribution in [1.29, 1.82) is 0 Å². The molecule has 1 aromatic carbocycles. The van der Waals surface area contributed by atoms with Crippen molar-refractivity contribution in [3.05, 3.63) is 29.6 Å². The molecule has 2 nitrogen and oxygen atoms in total. The van der Waals surface area contributed by atoms with Crippen LogP contribution < -0.4 is 5.32 Å².